The Morgan fingerprint density at radius 3 is 2.48 bits per heavy atom. The molecule has 7 N–H and O–H groups in total. The van der Waals surface area contributed by atoms with E-state index in [0.29, 0.717) is 6.54 Å². The lowest BCUT2D eigenvalue weighted by Gasteiger charge is -2.25. The third kappa shape index (κ3) is 7.27. The number of para-hydroxylation sites is 2. The molecule has 7 heteroatoms. The highest BCUT2D eigenvalue weighted by Crippen LogP contribution is 2.47. The number of allylic oxidation sites excluding steroid dienone is 3. The maximum absolute atomic E-state index is 5.90. The number of nitrogens with two attached hydrogens (primary N) is 3. The molecule has 42 heavy (non-hydrogen) atoms. The van der Waals surface area contributed by atoms with Gasteiger partial charge >= 0.3 is 0 Å². The van der Waals surface area contributed by atoms with Crippen molar-refractivity contribution in [3.63, 3.8) is 0 Å². The average molecular weight is 584 g/mol. The summed E-state index contributed by atoms with van der Waals surface area (Å²) in [6.07, 6.45) is 15.6. The van der Waals surface area contributed by atoms with Crippen LogP contribution in [0.25, 0.3) is 17.0 Å². The summed E-state index contributed by atoms with van der Waals surface area (Å²) in [5, 5.41) is 6.43. The minimum Gasteiger partial charge on any atom is -0.385 e. The van der Waals surface area contributed by atoms with Crippen molar-refractivity contribution in [3.05, 3.63) is 94.3 Å². The third-order valence-electron chi connectivity index (χ3n) is 8.13. The summed E-state index contributed by atoms with van der Waals surface area (Å²) in [5.74, 6) is 0. The lowest BCUT2D eigenvalue weighted by Crippen LogP contribution is -2.34. The molecular weight excluding hydrogens is 536 g/mol. The molecule has 6 nitrogen and oxygen atoms in total. The standard InChI is InChI=1S/C35H47N6S/c36-18-5-7-22-40-24-17-27(30-13-1-2-14-31(30)40)25-28-11-9-12-29(35(28)39-21-10-20-38)26-34-41(23-8-6-19-37)32-15-3-4-16-33(32)42-34/h1-4,13-17,24-26,39H,5-12,18-23,36-38H2/q+1. The monoisotopic (exact) mass is 583 g/mol. The number of thioether (sulfide) groups is 1. The van der Waals surface area contributed by atoms with E-state index >= 15 is 0 Å². The molecule has 2 aromatic carbocycles. The van der Waals surface area contributed by atoms with Crippen molar-refractivity contribution < 1.29 is 4.57 Å². The molecule has 2 aliphatic rings. The van der Waals surface area contributed by atoms with Gasteiger partial charge in [-0.3, -0.25) is 0 Å². The van der Waals surface area contributed by atoms with Crippen molar-refractivity contribution in [3.8, 4) is 0 Å². The zero-order chi connectivity index (χ0) is 29.1. The van der Waals surface area contributed by atoms with Crippen LogP contribution in [0.3, 0.4) is 0 Å². The molecule has 5 rings (SSSR count). The lowest BCUT2D eigenvalue weighted by atomic mass is 9.89. The number of fused-ring (bicyclic) bond motifs is 2. The topological polar surface area (TPSA) is 97.2 Å². The van der Waals surface area contributed by atoms with Crippen molar-refractivity contribution >= 4 is 34.4 Å². The first-order chi connectivity index (χ1) is 20.7. The smallest absolute Gasteiger partial charge is 0.213 e. The predicted octanol–water partition coefficient (Wildman–Crippen LogP) is 5.82. The van der Waals surface area contributed by atoms with E-state index in [-0.39, 0.29) is 0 Å². The molecule has 0 bridgehead atoms. The molecule has 0 amide bonds. The summed E-state index contributed by atoms with van der Waals surface area (Å²) >= 11 is 1.89. The normalized spacial score (nSPS) is 17.1. The van der Waals surface area contributed by atoms with E-state index in [1.807, 2.05) is 11.8 Å². The molecule has 1 aromatic heterocycles. The van der Waals surface area contributed by atoms with Crippen molar-refractivity contribution in [2.45, 2.75) is 62.8 Å². The number of benzene rings is 2. The highest BCUT2D eigenvalue weighted by Gasteiger charge is 2.26. The maximum atomic E-state index is 5.90. The minimum absolute atomic E-state index is 0.684. The van der Waals surface area contributed by atoms with Gasteiger partial charge in [0.1, 0.15) is 6.54 Å². The highest BCUT2D eigenvalue weighted by molar-refractivity contribution is 8.03. The first-order valence-electron chi connectivity index (χ1n) is 15.7. The number of pyridine rings is 1. The first-order valence-corrected chi connectivity index (χ1v) is 16.5. The molecule has 222 valence electrons. The highest BCUT2D eigenvalue weighted by atomic mass is 32.2. The van der Waals surface area contributed by atoms with Gasteiger partial charge in [0.2, 0.25) is 5.52 Å². The molecule has 0 saturated carbocycles. The fourth-order valence-electron chi connectivity index (χ4n) is 5.95. The van der Waals surface area contributed by atoms with E-state index in [0.717, 1.165) is 84.1 Å². The molecule has 0 saturated heterocycles. The van der Waals surface area contributed by atoms with Gasteiger partial charge in [0.05, 0.1) is 16.1 Å². The summed E-state index contributed by atoms with van der Waals surface area (Å²) in [7, 11) is 0. The van der Waals surface area contributed by atoms with Gasteiger partial charge in [0.25, 0.3) is 0 Å². The van der Waals surface area contributed by atoms with Crippen LogP contribution in [0.5, 0.6) is 0 Å². The van der Waals surface area contributed by atoms with Crippen molar-refractivity contribution in [2.75, 3.05) is 37.6 Å². The van der Waals surface area contributed by atoms with Crippen LogP contribution in [-0.2, 0) is 6.54 Å². The second-order valence-electron chi connectivity index (χ2n) is 11.2. The Kier molecular flexibility index (Phi) is 11.1. The van der Waals surface area contributed by atoms with Crippen LogP contribution < -0.4 is 32.0 Å². The van der Waals surface area contributed by atoms with Gasteiger partial charge < -0.3 is 27.4 Å². The fraction of sp³-hybridized carbons (Fsp3) is 0.400. The molecule has 0 radical (unpaired) electrons. The third-order valence-corrected chi connectivity index (χ3v) is 9.24. The summed E-state index contributed by atoms with van der Waals surface area (Å²) in [6, 6.07) is 19.8. The van der Waals surface area contributed by atoms with Crippen LogP contribution in [0.2, 0.25) is 0 Å². The summed E-state index contributed by atoms with van der Waals surface area (Å²) in [5.41, 5.74) is 25.4. The Morgan fingerprint density at radius 2 is 1.62 bits per heavy atom. The molecule has 1 aliphatic heterocycles. The van der Waals surface area contributed by atoms with Crippen molar-refractivity contribution in [2.24, 2.45) is 17.2 Å². The van der Waals surface area contributed by atoms with E-state index in [2.05, 4.69) is 87.7 Å². The Labute approximate surface area is 255 Å². The molecule has 0 spiro atoms. The van der Waals surface area contributed by atoms with Gasteiger partial charge in [0, 0.05) is 42.2 Å². The van der Waals surface area contributed by atoms with Crippen molar-refractivity contribution in [1.82, 2.24) is 5.32 Å². The summed E-state index contributed by atoms with van der Waals surface area (Å²) in [4.78, 5) is 3.82. The number of aryl methyl sites for hydroxylation is 1. The van der Waals surface area contributed by atoms with Crippen LogP contribution in [-0.4, -0.2) is 32.7 Å². The number of rotatable bonds is 14. The number of hydrogen-bond acceptors (Lipinski definition) is 6. The molecule has 0 unspecified atom stereocenters. The number of unbranched alkanes of at least 4 members (excludes halogenated alkanes) is 2. The first kappa shape index (κ1) is 30.4. The van der Waals surface area contributed by atoms with Crippen LogP contribution in [0.4, 0.5) is 5.69 Å². The van der Waals surface area contributed by atoms with Crippen LogP contribution in [0, 0.1) is 0 Å². The predicted molar refractivity (Wildman–Crippen MR) is 179 cm³/mol. The average Bonchev–Trinajstić information content (AvgIpc) is 3.36. The quantitative estimate of drug-likeness (QED) is 0.141. The Morgan fingerprint density at radius 1 is 0.833 bits per heavy atom. The molecule has 0 atom stereocenters. The number of nitrogens with one attached hydrogen (secondary N) is 1. The molecular formula is C35H47N6S+. The largest absolute Gasteiger partial charge is 0.385 e. The van der Waals surface area contributed by atoms with Gasteiger partial charge in [-0.2, -0.15) is 4.57 Å². The Balaban J connectivity index is 1.53. The molecule has 0 fully saturated rings. The lowest BCUT2D eigenvalue weighted by molar-refractivity contribution is -0.671. The number of aromatic nitrogens is 1. The number of anilines is 1. The van der Waals surface area contributed by atoms with Gasteiger partial charge in [-0.15, -0.1) is 0 Å². The maximum Gasteiger partial charge on any atom is 0.213 e. The van der Waals surface area contributed by atoms with E-state index in [1.54, 1.807) is 0 Å². The van der Waals surface area contributed by atoms with Crippen LogP contribution >= 0.6 is 11.8 Å². The Hall–Kier alpha value is -3.10. The second kappa shape index (κ2) is 15.4. The van der Waals surface area contributed by atoms with Gasteiger partial charge in [-0.05, 0) is 112 Å². The van der Waals surface area contributed by atoms with Gasteiger partial charge in [0.15, 0.2) is 6.20 Å². The molecule has 1 aliphatic carbocycles. The van der Waals surface area contributed by atoms with E-state index in [1.165, 1.54) is 48.9 Å². The summed E-state index contributed by atoms with van der Waals surface area (Å²) in [6.45, 7) is 5.01. The second-order valence-corrected chi connectivity index (χ2v) is 12.2. The Bertz CT molecular complexity index is 1440. The fourth-order valence-corrected chi connectivity index (χ4v) is 7.11. The zero-order valence-electron chi connectivity index (χ0n) is 24.9. The van der Waals surface area contributed by atoms with E-state index < -0.39 is 0 Å². The number of hydrogen-bond donors (Lipinski definition) is 4. The van der Waals surface area contributed by atoms with Crippen LogP contribution in [0.1, 0.15) is 56.9 Å². The zero-order valence-corrected chi connectivity index (χ0v) is 25.7. The SMILES string of the molecule is NCCCCN1/C(=C\C2=C(NCCCN)C(=C/c3cc[n+](CCCCN)c4ccccc34)/CCC2)Sc2ccccc21. The molecule has 2 heterocycles. The van der Waals surface area contributed by atoms with Gasteiger partial charge in [-0.1, -0.05) is 36.0 Å². The molecule has 3 aromatic rings. The summed E-state index contributed by atoms with van der Waals surface area (Å²) < 4.78 is 2.37. The van der Waals surface area contributed by atoms with Crippen LogP contribution in [0.15, 0.2) is 93.6 Å². The number of nitrogens with zero attached hydrogens (tertiary/aromatic N) is 2. The van der Waals surface area contributed by atoms with E-state index in [4.69, 9.17) is 17.2 Å². The van der Waals surface area contributed by atoms with Crippen molar-refractivity contribution in [1.29, 1.82) is 0 Å². The van der Waals surface area contributed by atoms with Gasteiger partial charge in [-0.25, -0.2) is 0 Å². The van der Waals surface area contributed by atoms with E-state index in [9.17, 15) is 0 Å². The minimum atomic E-state index is 0.684.